The molecule has 0 amide bonds. The van der Waals surface area contributed by atoms with E-state index in [2.05, 4.69) is 6.92 Å². The number of ketones is 1. The minimum absolute atomic E-state index is 0.00701. The number of carboxylic acid groups (broad SMARTS) is 2. The van der Waals surface area contributed by atoms with Crippen molar-refractivity contribution in [3.05, 3.63) is 27.2 Å². The Hall–Kier alpha value is -1.09. The van der Waals surface area contributed by atoms with Crippen molar-refractivity contribution in [1.29, 1.82) is 0 Å². The quantitative estimate of drug-likeness (QED) is 0.456. The zero-order chi connectivity index (χ0) is 20.6. The third kappa shape index (κ3) is 4.25. The molecular weight excluding hydrogens is 447 g/mol. The number of aliphatic carboxylic acids is 2. The average molecular weight is 465 g/mol. The van der Waals surface area contributed by atoms with Gasteiger partial charge in [0.25, 0.3) is 0 Å². The van der Waals surface area contributed by atoms with Crippen LogP contribution in [-0.4, -0.2) is 49.6 Å². The van der Waals surface area contributed by atoms with Crippen molar-refractivity contribution in [3.8, 4) is 5.75 Å². The molecule has 2 heterocycles. The zero-order valence-electron chi connectivity index (χ0n) is 14.9. The van der Waals surface area contributed by atoms with Gasteiger partial charge in [0.05, 0.1) is 9.10 Å². The van der Waals surface area contributed by atoms with Gasteiger partial charge in [0.2, 0.25) is 0 Å². The van der Waals surface area contributed by atoms with Crippen molar-refractivity contribution in [2.45, 2.75) is 36.4 Å². The number of Topliss-reactive ketones (excluding diaryl/α,β-unsaturated/α-hetero) is 1. The molecule has 2 aliphatic heterocycles. The molecule has 0 radical (unpaired) electrons. The van der Waals surface area contributed by atoms with Crippen LogP contribution in [0.3, 0.4) is 0 Å². The third-order valence-corrected chi connectivity index (χ3v) is 9.10. The number of carbonyl (C=O) groups is 3. The number of halogens is 2. The van der Waals surface area contributed by atoms with Crippen LogP contribution in [0.4, 0.5) is 0 Å². The number of carbonyl (C=O) groups excluding carboxylic acids is 1. The van der Waals surface area contributed by atoms with Gasteiger partial charge >= 0.3 is 11.9 Å². The van der Waals surface area contributed by atoms with Gasteiger partial charge in [-0.1, -0.05) is 23.2 Å². The second-order valence-corrected chi connectivity index (χ2v) is 11.0. The maximum Gasteiger partial charge on any atom is 0.321 e. The topological polar surface area (TPSA) is 101 Å². The van der Waals surface area contributed by atoms with Crippen molar-refractivity contribution in [2.24, 2.45) is 5.92 Å². The largest absolute Gasteiger partial charge is 0.487 e. The SMILES string of the molecule is CC1(CCC(=O)c2cc3c(c(Cl)c2Cl)OC(C(C(=O)O)C(=O)O)C3)SCCS1. The Labute approximate surface area is 180 Å². The molecule has 1 unspecified atom stereocenters. The Bertz CT molecular complexity index is 824. The highest BCUT2D eigenvalue weighted by Gasteiger charge is 2.42. The lowest BCUT2D eigenvalue weighted by Gasteiger charge is -2.21. The minimum Gasteiger partial charge on any atom is -0.487 e. The number of rotatable bonds is 7. The molecule has 1 atom stereocenters. The molecule has 2 aliphatic rings. The number of thioether (sulfide) groups is 2. The summed E-state index contributed by atoms with van der Waals surface area (Å²) >= 11 is 16.2. The minimum atomic E-state index is -1.74. The van der Waals surface area contributed by atoms with E-state index in [0.717, 1.165) is 11.5 Å². The molecule has 1 aromatic carbocycles. The second-order valence-electron chi connectivity index (χ2n) is 6.81. The van der Waals surface area contributed by atoms with Gasteiger partial charge in [-0.3, -0.25) is 14.4 Å². The standard InChI is InChI=1S/C18H18Cl2O6S2/c1-18(27-4-5-28-18)3-2-10(21)9-6-8-7-11(12(16(22)23)17(24)25)26-15(8)14(20)13(9)19/h6,11-12H,2-5,7H2,1H3,(H,22,23)(H,24,25). The Morgan fingerprint density at radius 1 is 1.21 bits per heavy atom. The monoisotopic (exact) mass is 464 g/mol. The molecule has 10 heteroatoms. The number of ether oxygens (including phenoxy) is 1. The van der Waals surface area contributed by atoms with Gasteiger partial charge in [0, 0.05) is 35.5 Å². The molecule has 28 heavy (non-hydrogen) atoms. The van der Waals surface area contributed by atoms with Crippen LogP contribution in [0.5, 0.6) is 5.75 Å². The van der Waals surface area contributed by atoms with Crippen molar-refractivity contribution >= 4 is 64.4 Å². The number of benzene rings is 1. The van der Waals surface area contributed by atoms with Crippen LogP contribution in [0.2, 0.25) is 10.0 Å². The van der Waals surface area contributed by atoms with Gasteiger partial charge in [-0.2, -0.15) is 0 Å². The molecule has 0 aromatic heterocycles. The van der Waals surface area contributed by atoms with Crippen LogP contribution < -0.4 is 4.74 Å². The molecule has 2 N–H and O–H groups in total. The highest BCUT2D eigenvalue weighted by atomic mass is 35.5. The van der Waals surface area contributed by atoms with Crippen LogP contribution in [0.25, 0.3) is 0 Å². The van der Waals surface area contributed by atoms with Crippen LogP contribution in [0, 0.1) is 5.92 Å². The molecular formula is C18H18Cl2O6S2. The van der Waals surface area contributed by atoms with Gasteiger partial charge < -0.3 is 14.9 Å². The lowest BCUT2D eigenvalue weighted by molar-refractivity contribution is -0.158. The fourth-order valence-corrected chi connectivity index (χ4v) is 6.71. The summed E-state index contributed by atoms with van der Waals surface area (Å²) in [4.78, 5) is 35.3. The number of fused-ring (bicyclic) bond motifs is 1. The van der Waals surface area contributed by atoms with E-state index in [4.69, 9.17) is 38.2 Å². The smallest absolute Gasteiger partial charge is 0.321 e. The first-order valence-electron chi connectivity index (χ1n) is 8.57. The van der Waals surface area contributed by atoms with Crippen molar-refractivity contribution < 1.29 is 29.3 Å². The molecule has 6 nitrogen and oxygen atoms in total. The summed E-state index contributed by atoms with van der Waals surface area (Å²) in [7, 11) is 0. The van der Waals surface area contributed by atoms with Gasteiger partial charge in [-0.15, -0.1) is 23.5 Å². The molecule has 0 saturated carbocycles. The van der Waals surface area contributed by atoms with E-state index in [1.807, 2.05) is 23.5 Å². The van der Waals surface area contributed by atoms with Crippen molar-refractivity contribution in [2.75, 3.05) is 11.5 Å². The summed E-state index contributed by atoms with van der Waals surface area (Å²) in [6, 6.07) is 1.55. The Morgan fingerprint density at radius 3 is 2.39 bits per heavy atom. The van der Waals surface area contributed by atoms with E-state index in [1.54, 1.807) is 6.07 Å². The van der Waals surface area contributed by atoms with Crippen LogP contribution in [0.15, 0.2) is 6.07 Å². The second kappa shape index (κ2) is 8.34. The number of hydrogen-bond acceptors (Lipinski definition) is 6. The first kappa shape index (κ1) is 21.6. The molecule has 0 spiro atoms. The number of hydrogen-bond donors (Lipinski definition) is 2. The first-order valence-corrected chi connectivity index (χ1v) is 11.3. The fraction of sp³-hybridized carbons (Fsp3) is 0.500. The van der Waals surface area contributed by atoms with Crippen LogP contribution in [0.1, 0.15) is 35.7 Å². The number of carboxylic acids is 2. The highest BCUT2D eigenvalue weighted by Crippen LogP contribution is 2.48. The first-order chi connectivity index (χ1) is 13.1. The summed E-state index contributed by atoms with van der Waals surface area (Å²) in [5.74, 6) is -2.61. The Kier molecular flexibility index (Phi) is 6.44. The van der Waals surface area contributed by atoms with E-state index >= 15 is 0 Å². The Morgan fingerprint density at radius 2 is 1.82 bits per heavy atom. The van der Waals surface area contributed by atoms with E-state index in [0.29, 0.717) is 18.4 Å². The van der Waals surface area contributed by atoms with E-state index in [1.165, 1.54) is 0 Å². The lowest BCUT2D eigenvalue weighted by atomic mass is 9.96. The zero-order valence-corrected chi connectivity index (χ0v) is 18.0. The lowest BCUT2D eigenvalue weighted by Crippen LogP contribution is -2.37. The average Bonchev–Trinajstić information content (AvgIpc) is 3.22. The van der Waals surface area contributed by atoms with Gasteiger partial charge in [0.15, 0.2) is 11.7 Å². The van der Waals surface area contributed by atoms with Gasteiger partial charge in [-0.25, -0.2) is 0 Å². The summed E-state index contributed by atoms with van der Waals surface area (Å²) < 4.78 is 5.51. The normalized spacial score (nSPS) is 20.1. The maximum atomic E-state index is 12.8. The van der Waals surface area contributed by atoms with Crippen molar-refractivity contribution in [3.63, 3.8) is 0 Å². The van der Waals surface area contributed by atoms with Crippen molar-refractivity contribution in [1.82, 2.24) is 0 Å². The van der Waals surface area contributed by atoms with E-state index in [9.17, 15) is 14.4 Å². The van der Waals surface area contributed by atoms with Gasteiger partial charge in [0.1, 0.15) is 16.9 Å². The molecule has 1 aromatic rings. The highest BCUT2D eigenvalue weighted by molar-refractivity contribution is 8.21. The molecule has 0 aliphatic carbocycles. The molecule has 1 saturated heterocycles. The van der Waals surface area contributed by atoms with E-state index < -0.39 is 24.0 Å². The van der Waals surface area contributed by atoms with Crippen LogP contribution >= 0.6 is 46.7 Å². The maximum absolute atomic E-state index is 12.8. The van der Waals surface area contributed by atoms with E-state index in [-0.39, 0.29) is 37.6 Å². The third-order valence-electron chi connectivity index (χ3n) is 4.84. The summed E-state index contributed by atoms with van der Waals surface area (Å²) in [5.41, 5.74) is 0.750. The summed E-state index contributed by atoms with van der Waals surface area (Å²) in [6.45, 7) is 2.12. The molecule has 1 fully saturated rings. The summed E-state index contributed by atoms with van der Waals surface area (Å²) in [5, 5.41) is 18.4. The van der Waals surface area contributed by atoms with Gasteiger partial charge in [-0.05, 0) is 19.4 Å². The Balaban J connectivity index is 1.81. The predicted octanol–water partition coefficient (Wildman–Crippen LogP) is 4.24. The van der Waals surface area contributed by atoms with Crippen LogP contribution in [-0.2, 0) is 16.0 Å². The molecule has 3 rings (SSSR count). The summed E-state index contributed by atoms with van der Waals surface area (Å²) in [6.07, 6.45) is -0.0817. The molecule has 0 bridgehead atoms. The molecule has 152 valence electrons. The fourth-order valence-electron chi connectivity index (χ4n) is 3.34. The predicted molar refractivity (Wildman–Crippen MR) is 110 cm³/mol.